The van der Waals surface area contributed by atoms with Gasteiger partial charge in [-0.2, -0.15) is 0 Å². The molecule has 1 saturated carbocycles. The van der Waals surface area contributed by atoms with Crippen molar-refractivity contribution < 1.29 is 5.11 Å². The number of hydrogen-bond donors (Lipinski definition) is 1. The Morgan fingerprint density at radius 2 is 2.13 bits per heavy atom. The van der Waals surface area contributed by atoms with E-state index in [9.17, 15) is 5.11 Å². The average molecular weight is 209 g/mol. The molecule has 84 valence electrons. The lowest BCUT2D eigenvalue weighted by Gasteiger charge is -2.25. The van der Waals surface area contributed by atoms with Crippen LogP contribution in [-0.2, 0) is 0 Å². The lowest BCUT2D eigenvalue weighted by molar-refractivity contribution is 0.167. The van der Waals surface area contributed by atoms with Crippen molar-refractivity contribution in [2.75, 3.05) is 0 Å². The second-order valence-corrected chi connectivity index (χ2v) is 4.24. The lowest BCUT2D eigenvalue weighted by Crippen LogP contribution is -2.25. The predicted molar refractivity (Wildman–Crippen MR) is 60.3 cm³/mol. The number of azide groups is 1. The van der Waals surface area contributed by atoms with Crippen molar-refractivity contribution in [2.24, 2.45) is 11.0 Å². The molecular weight excluding hydrogens is 190 g/mol. The molecule has 1 aliphatic rings. The van der Waals surface area contributed by atoms with Crippen LogP contribution in [0.4, 0.5) is 0 Å². The number of hydrogen-bond acceptors (Lipinski definition) is 2. The molecule has 0 amide bonds. The molecule has 0 saturated heterocycles. The third-order valence-electron chi connectivity index (χ3n) is 3.14. The highest BCUT2D eigenvalue weighted by molar-refractivity contribution is 4.90. The Bertz CT molecular complexity index is 242. The van der Waals surface area contributed by atoms with Gasteiger partial charge in [-0.3, -0.25) is 0 Å². The maximum atomic E-state index is 9.60. The van der Waals surface area contributed by atoms with E-state index in [0.717, 1.165) is 6.42 Å². The Morgan fingerprint density at radius 1 is 1.47 bits per heavy atom. The van der Waals surface area contributed by atoms with Crippen LogP contribution in [0.3, 0.4) is 0 Å². The summed E-state index contributed by atoms with van der Waals surface area (Å²) >= 11 is 0. The van der Waals surface area contributed by atoms with Gasteiger partial charge in [-0.25, -0.2) is 0 Å². The Balaban J connectivity index is 2.48. The highest BCUT2D eigenvalue weighted by Crippen LogP contribution is 2.29. The fourth-order valence-corrected chi connectivity index (χ4v) is 2.24. The van der Waals surface area contributed by atoms with E-state index in [0.29, 0.717) is 5.92 Å². The Labute approximate surface area is 90.6 Å². The first kappa shape index (κ1) is 12.1. The molecule has 4 nitrogen and oxygen atoms in total. The van der Waals surface area contributed by atoms with Gasteiger partial charge in [-0.15, -0.1) is 6.58 Å². The number of aliphatic hydroxyl groups is 1. The molecule has 1 N–H and O–H groups in total. The van der Waals surface area contributed by atoms with Gasteiger partial charge in [0.05, 0.1) is 12.1 Å². The molecule has 4 heteroatoms. The first-order valence-electron chi connectivity index (χ1n) is 5.62. The van der Waals surface area contributed by atoms with Crippen LogP contribution in [0.25, 0.3) is 10.4 Å². The van der Waals surface area contributed by atoms with Crippen molar-refractivity contribution in [1.82, 2.24) is 0 Å². The molecule has 15 heavy (non-hydrogen) atoms. The van der Waals surface area contributed by atoms with E-state index in [1.54, 1.807) is 0 Å². The normalized spacial score (nSPS) is 21.4. The van der Waals surface area contributed by atoms with Crippen molar-refractivity contribution in [1.29, 1.82) is 0 Å². The summed E-state index contributed by atoms with van der Waals surface area (Å²) in [5, 5.41) is 13.2. The van der Waals surface area contributed by atoms with E-state index in [1.165, 1.54) is 38.2 Å². The third kappa shape index (κ3) is 3.94. The van der Waals surface area contributed by atoms with E-state index in [-0.39, 0.29) is 6.04 Å². The molecule has 0 spiro atoms. The minimum atomic E-state index is -0.706. The SMILES string of the molecule is C=C[C@H](O)[C@H](CC1CCCCC1)N=[N+]=[N-]. The summed E-state index contributed by atoms with van der Waals surface area (Å²) in [7, 11) is 0. The fourth-order valence-electron chi connectivity index (χ4n) is 2.24. The monoisotopic (exact) mass is 209 g/mol. The molecule has 1 fully saturated rings. The maximum Gasteiger partial charge on any atom is 0.0803 e. The molecule has 1 aliphatic carbocycles. The highest BCUT2D eigenvalue weighted by Gasteiger charge is 2.21. The Morgan fingerprint density at radius 3 is 2.67 bits per heavy atom. The molecule has 0 aliphatic heterocycles. The van der Waals surface area contributed by atoms with Gasteiger partial charge in [0.15, 0.2) is 0 Å². The molecular formula is C11H19N3O. The molecule has 1 rings (SSSR count). The van der Waals surface area contributed by atoms with Crippen molar-refractivity contribution in [3.05, 3.63) is 23.1 Å². The highest BCUT2D eigenvalue weighted by atomic mass is 16.3. The van der Waals surface area contributed by atoms with E-state index in [2.05, 4.69) is 16.6 Å². The number of rotatable bonds is 5. The van der Waals surface area contributed by atoms with E-state index in [1.807, 2.05) is 0 Å². The summed E-state index contributed by atoms with van der Waals surface area (Å²) in [4.78, 5) is 2.79. The first-order valence-corrected chi connectivity index (χ1v) is 5.62. The largest absolute Gasteiger partial charge is 0.389 e. The molecule has 0 unspecified atom stereocenters. The summed E-state index contributed by atoms with van der Waals surface area (Å²) in [6.45, 7) is 3.52. The Kier molecular flexibility index (Phi) is 5.22. The van der Waals surface area contributed by atoms with Gasteiger partial charge in [-0.1, -0.05) is 43.3 Å². The van der Waals surface area contributed by atoms with Crippen molar-refractivity contribution >= 4 is 0 Å². The quantitative estimate of drug-likeness (QED) is 0.321. The second kappa shape index (κ2) is 6.49. The van der Waals surface area contributed by atoms with Crippen molar-refractivity contribution in [3.63, 3.8) is 0 Å². The van der Waals surface area contributed by atoms with Crippen LogP contribution < -0.4 is 0 Å². The first-order chi connectivity index (χ1) is 7.27. The summed E-state index contributed by atoms with van der Waals surface area (Å²) < 4.78 is 0. The predicted octanol–water partition coefficient (Wildman–Crippen LogP) is 3.18. The van der Waals surface area contributed by atoms with Gasteiger partial charge in [0.1, 0.15) is 0 Å². The van der Waals surface area contributed by atoms with Crippen LogP contribution in [-0.4, -0.2) is 17.3 Å². The minimum Gasteiger partial charge on any atom is -0.389 e. The Hall–Kier alpha value is -0.990. The standard InChI is InChI=1S/C11H19N3O/c1-2-11(15)10(13-14-12)8-9-6-4-3-5-7-9/h2,9-11,15H,1,3-8H2/t10-,11-/m0/s1. The molecule has 2 atom stereocenters. The number of nitrogens with zero attached hydrogens (tertiary/aromatic N) is 3. The molecule has 0 aromatic carbocycles. The number of aliphatic hydroxyl groups excluding tert-OH is 1. The minimum absolute atomic E-state index is 0.337. The summed E-state index contributed by atoms with van der Waals surface area (Å²) in [6.07, 6.45) is 7.76. The van der Waals surface area contributed by atoms with Crippen LogP contribution in [0.1, 0.15) is 38.5 Å². The van der Waals surface area contributed by atoms with Crippen molar-refractivity contribution in [3.8, 4) is 0 Å². The molecule has 0 aromatic heterocycles. The van der Waals surface area contributed by atoms with Gasteiger partial charge in [0, 0.05) is 4.91 Å². The summed E-state index contributed by atoms with van der Waals surface area (Å²) in [5.41, 5.74) is 8.42. The molecule has 0 radical (unpaired) electrons. The van der Waals surface area contributed by atoms with Crippen LogP contribution in [0.2, 0.25) is 0 Å². The topological polar surface area (TPSA) is 69.0 Å². The maximum absolute atomic E-state index is 9.60. The van der Waals surface area contributed by atoms with Gasteiger partial charge in [-0.05, 0) is 17.9 Å². The van der Waals surface area contributed by atoms with Gasteiger partial charge in [0.25, 0.3) is 0 Å². The van der Waals surface area contributed by atoms with E-state index >= 15 is 0 Å². The zero-order chi connectivity index (χ0) is 11.1. The van der Waals surface area contributed by atoms with Gasteiger partial charge < -0.3 is 5.11 Å². The fraction of sp³-hybridized carbons (Fsp3) is 0.818. The van der Waals surface area contributed by atoms with Gasteiger partial charge >= 0.3 is 0 Å². The van der Waals surface area contributed by atoms with Crippen LogP contribution in [0.5, 0.6) is 0 Å². The summed E-state index contributed by atoms with van der Waals surface area (Å²) in [5.74, 6) is 0.601. The van der Waals surface area contributed by atoms with E-state index in [4.69, 9.17) is 5.53 Å². The van der Waals surface area contributed by atoms with Crippen LogP contribution in [0.15, 0.2) is 17.8 Å². The van der Waals surface area contributed by atoms with Crippen molar-refractivity contribution in [2.45, 2.75) is 50.7 Å². The average Bonchev–Trinajstić information content (AvgIpc) is 2.29. The molecule has 0 bridgehead atoms. The van der Waals surface area contributed by atoms with Gasteiger partial charge in [0.2, 0.25) is 0 Å². The zero-order valence-corrected chi connectivity index (χ0v) is 9.05. The zero-order valence-electron chi connectivity index (χ0n) is 9.05. The smallest absolute Gasteiger partial charge is 0.0803 e. The molecule has 0 aromatic rings. The second-order valence-electron chi connectivity index (χ2n) is 4.24. The van der Waals surface area contributed by atoms with Crippen LogP contribution in [0, 0.1) is 5.92 Å². The molecule has 0 heterocycles. The van der Waals surface area contributed by atoms with Crippen LogP contribution >= 0.6 is 0 Å². The lowest BCUT2D eigenvalue weighted by atomic mass is 9.84. The van der Waals surface area contributed by atoms with E-state index < -0.39 is 6.10 Å². The summed E-state index contributed by atoms with van der Waals surface area (Å²) in [6, 6.07) is -0.337. The third-order valence-corrected chi connectivity index (χ3v) is 3.14.